The van der Waals surface area contributed by atoms with Crippen LogP contribution in [0, 0.1) is 5.92 Å². The summed E-state index contributed by atoms with van der Waals surface area (Å²) >= 11 is 0. The molecule has 1 unspecified atom stereocenters. The Labute approximate surface area is 115 Å². The van der Waals surface area contributed by atoms with E-state index in [2.05, 4.69) is 0 Å². The van der Waals surface area contributed by atoms with E-state index in [0.29, 0.717) is 32.5 Å². The number of rotatable bonds is 3. The smallest absolute Gasteiger partial charge is 0.281 e. The molecule has 7 heteroatoms. The molecule has 0 aromatic carbocycles. The van der Waals surface area contributed by atoms with E-state index in [4.69, 9.17) is 5.73 Å². The molecule has 2 saturated heterocycles. The Morgan fingerprint density at radius 1 is 0.947 bits per heavy atom. The first-order valence-electron chi connectivity index (χ1n) is 7.06. The summed E-state index contributed by atoms with van der Waals surface area (Å²) in [6, 6.07) is 0. The lowest BCUT2D eigenvalue weighted by Gasteiger charge is -2.34. The van der Waals surface area contributed by atoms with Gasteiger partial charge in [-0.25, -0.2) is 0 Å². The van der Waals surface area contributed by atoms with Gasteiger partial charge in [0.15, 0.2) is 0 Å². The van der Waals surface area contributed by atoms with Crippen molar-refractivity contribution in [1.29, 1.82) is 0 Å². The van der Waals surface area contributed by atoms with Crippen LogP contribution in [-0.2, 0) is 15.0 Å². The van der Waals surface area contributed by atoms with Crippen LogP contribution in [0.15, 0.2) is 0 Å². The van der Waals surface area contributed by atoms with Crippen LogP contribution in [-0.4, -0.2) is 49.1 Å². The maximum absolute atomic E-state index is 12.6. The molecule has 2 fully saturated rings. The molecule has 6 nitrogen and oxygen atoms in total. The Hall–Kier alpha value is -0.660. The van der Waals surface area contributed by atoms with Crippen molar-refractivity contribution in [3.05, 3.63) is 0 Å². The minimum Gasteiger partial charge on any atom is -0.369 e. The van der Waals surface area contributed by atoms with Crippen molar-refractivity contribution >= 4 is 16.1 Å². The lowest BCUT2D eigenvalue weighted by Crippen LogP contribution is -2.50. The summed E-state index contributed by atoms with van der Waals surface area (Å²) in [7, 11) is -3.42. The van der Waals surface area contributed by atoms with Crippen molar-refractivity contribution in [1.82, 2.24) is 8.61 Å². The summed E-state index contributed by atoms with van der Waals surface area (Å²) in [4.78, 5) is 11.2. The number of primary amides is 1. The van der Waals surface area contributed by atoms with E-state index >= 15 is 0 Å². The highest BCUT2D eigenvalue weighted by Gasteiger charge is 2.35. The molecular weight excluding hydrogens is 266 g/mol. The van der Waals surface area contributed by atoms with Crippen molar-refractivity contribution in [2.45, 2.75) is 38.5 Å². The van der Waals surface area contributed by atoms with Gasteiger partial charge in [-0.15, -0.1) is 0 Å². The SMILES string of the molecule is NC(=O)C1CCCN(S(=O)(=O)N2CCCCCC2)C1. The number of nitrogens with two attached hydrogens (primary N) is 1. The maximum atomic E-state index is 12.6. The fourth-order valence-corrected chi connectivity index (χ4v) is 4.59. The van der Waals surface area contributed by atoms with Crippen LogP contribution in [0.25, 0.3) is 0 Å². The van der Waals surface area contributed by atoms with Gasteiger partial charge in [-0.05, 0) is 25.7 Å². The maximum Gasteiger partial charge on any atom is 0.281 e. The van der Waals surface area contributed by atoms with Gasteiger partial charge in [0, 0.05) is 26.2 Å². The average molecular weight is 289 g/mol. The first-order chi connectivity index (χ1) is 9.01. The number of piperidine rings is 1. The number of hydrogen-bond acceptors (Lipinski definition) is 3. The van der Waals surface area contributed by atoms with Crippen molar-refractivity contribution < 1.29 is 13.2 Å². The Kier molecular flexibility index (Phi) is 4.81. The Balaban J connectivity index is 2.07. The van der Waals surface area contributed by atoms with Gasteiger partial charge in [0.2, 0.25) is 5.91 Å². The number of nitrogens with zero attached hydrogens (tertiary/aromatic N) is 2. The first kappa shape index (κ1) is 14.7. The number of carbonyl (C=O) groups excluding carboxylic acids is 1. The van der Waals surface area contributed by atoms with Crippen LogP contribution in [0.5, 0.6) is 0 Å². The van der Waals surface area contributed by atoms with E-state index in [1.54, 1.807) is 4.31 Å². The third-order valence-electron chi connectivity index (χ3n) is 4.00. The fraction of sp³-hybridized carbons (Fsp3) is 0.917. The van der Waals surface area contributed by atoms with Crippen molar-refractivity contribution in [3.63, 3.8) is 0 Å². The van der Waals surface area contributed by atoms with Gasteiger partial charge in [0.25, 0.3) is 10.2 Å². The van der Waals surface area contributed by atoms with E-state index < -0.39 is 16.1 Å². The van der Waals surface area contributed by atoms with Gasteiger partial charge in [-0.1, -0.05) is 12.8 Å². The zero-order valence-corrected chi connectivity index (χ0v) is 12.1. The largest absolute Gasteiger partial charge is 0.369 e. The van der Waals surface area contributed by atoms with E-state index in [-0.39, 0.29) is 12.5 Å². The van der Waals surface area contributed by atoms with E-state index in [9.17, 15) is 13.2 Å². The second kappa shape index (κ2) is 6.19. The van der Waals surface area contributed by atoms with E-state index in [0.717, 1.165) is 25.7 Å². The lowest BCUT2D eigenvalue weighted by molar-refractivity contribution is -0.122. The topological polar surface area (TPSA) is 83.7 Å². The minimum atomic E-state index is -3.42. The normalized spacial score (nSPS) is 27.9. The second-order valence-electron chi connectivity index (χ2n) is 5.42. The van der Waals surface area contributed by atoms with Crippen LogP contribution >= 0.6 is 0 Å². The summed E-state index contributed by atoms with van der Waals surface area (Å²) in [5.41, 5.74) is 5.30. The molecule has 110 valence electrons. The Bertz CT molecular complexity index is 416. The highest BCUT2D eigenvalue weighted by Crippen LogP contribution is 2.22. The molecule has 0 aliphatic carbocycles. The van der Waals surface area contributed by atoms with Gasteiger partial charge < -0.3 is 5.73 Å². The fourth-order valence-electron chi connectivity index (χ4n) is 2.82. The zero-order valence-electron chi connectivity index (χ0n) is 11.3. The molecule has 2 rings (SSSR count). The molecule has 0 aromatic rings. The number of hydrogen-bond donors (Lipinski definition) is 1. The van der Waals surface area contributed by atoms with Crippen LogP contribution in [0.1, 0.15) is 38.5 Å². The summed E-state index contributed by atoms with van der Waals surface area (Å²) in [5.74, 6) is -0.730. The summed E-state index contributed by atoms with van der Waals surface area (Å²) in [5, 5.41) is 0. The van der Waals surface area contributed by atoms with Crippen LogP contribution < -0.4 is 5.73 Å². The first-order valence-corrected chi connectivity index (χ1v) is 8.46. The molecule has 0 aromatic heterocycles. The Morgan fingerprint density at radius 3 is 2.11 bits per heavy atom. The number of amides is 1. The predicted octanol–water partition coefficient (Wildman–Crippen LogP) is 0.305. The predicted molar refractivity (Wildman–Crippen MR) is 72.5 cm³/mol. The molecular formula is C12H23N3O3S. The van der Waals surface area contributed by atoms with Gasteiger partial charge >= 0.3 is 0 Å². The monoisotopic (exact) mass is 289 g/mol. The quantitative estimate of drug-likeness (QED) is 0.811. The molecule has 0 bridgehead atoms. The highest BCUT2D eigenvalue weighted by atomic mass is 32.2. The van der Waals surface area contributed by atoms with Gasteiger partial charge in [0.1, 0.15) is 0 Å². The molecule has 1 amide bonds. The third kappa shape index (κ3) is 3.46. The van der Waals surface area contributed by atoms with Crippen LogP contribution in [0.3, 0.4) is 0 Å². The second-order valence-corrected chi connectivity index (χ2v) is 7.35. The molecule has 0 spiro atoms. The average Bonchev–Trinajstić information content (AvgIpc) is 2.68. The molecule has 0 radical (unpaired) electrons. The Morgan fingerprint density at radius 2 is 1.53 bits per heavy atom. The molecule has 0 saturated carbocycles. The van der Waals surface area contributed by atoms with Crippen LogP contribution in [0.4, 0.5) is 0 Å². The van der Waals surface area contributed by atoms with Crippen molar-refractivity contribution in [2.75, 3.05) is 26.2 Å². The lowest BCUT2D eigenvalue weighted by atomic mass is 9.99. The molecule has 19 heavy (non-hydrogen) atoms. The van der Waals surface area contributed by atoms with Gasteiger partial charge in [-0.2, -0.15) is 17.0 Å². The highest BCUT2D eigenvalue weighted by molar-refractivity contribution is 7.86. The van der Waals surface area contributed by atoms with Gasteiger partial charge in [-0.3, -0.25) is 4.79 Å². The molecule has 2 aliphatic rings. The minimum absolute atomic E-state index is 0.244. The zero-order chi connectivity index (χ0) is 13.9. The molecule has 2 heterocycles. The molecule has 1 atom stereocenters. The van der Waals surface area contributed by atoms with Crippen molar-refractivity contribution in [2.24, 2.45) is 11.7 Å². The van der Waals surface area contributed by atoms with E-state index in [1.807, 2.05) is 0 Å². The van der Waals surface area contributed by atoms with Crippen LogP contribution in [0.2, 0.25) is 0 Å². The molecule has 2 aliphatic heterocycles. The summed E-state index contributed by atoms with van der Waals surface area (Å²) < 4.78 is 28.1. The summed E-state index contributed by atoms with van der Waals surface area (Å²) in [6.07, 6.45) is 5.44. The van der Waals surface area contributed by atoms with E-state index in [1.165, 1.54) is 4.31 Å². The number of carbonyl (C=O) groups is 1. The molecule has 2 N–H and O–H groups in total. The standard InChI is InChI=1S/C12H23N3O3S/c13-12(16)11-6-5-9-15(10-11)19(17,18)14-7-3-1-2-4-8-14/h11H,1-10H2,(H2,13,16). The summed E-state index contributed by atoms with van der Waals surface area (Å²) in [6.45, 7) is 1.94. The third-order valence-corrected chi connectivity index (χ3v) is 6.01. The van der Waals surface area contributed by atoms with Gasteiger partial charge in [0.05, 0.1) is 5.92 Å². The van der Waals surface area contributed by atoms with Crippen molar-refractivity contribution in [3.8, 4) is 0 Å².